The molecule has 0 atom stereocenters. The maximum absolute atomic E-state index is 13.1. The van der Waals surface area contributed by atoms with Crippen molar-refractivity contribution in [1.82, 2.24) is 14.9 Å². The number of imide groups is 1. The van der Waals surface area contributed by atoms with Gasteiger partial charge in [-0.05, 0) is 38.5 Å². The number of fused-ring (bicyclic) bond motifs is 1. The number of rotatable bonds is 3. The van der Waals surface area contributed by atoms with E-state index in [1.165, 1.54) is 16.2 Å². The molecule has 0 N–H and O–H groups in total. The van der Waals surface area contributed by atoms with Crippen LogP contribution >= 0.6 is 11.3 Å². The molecular formula is C19H18N4O2S. The van der Waals surface area contributed by atoms with Crippen LogP contribution in [-0.2, 0) is 11.3 Å². The van der Waals surface area contributed by atoms with Crippen molar-refractivity contribution < 1.29 is 9.59 Å². The largest absolute Gasteiger partial charge is 0.334 e. The van der Waals surface area contributed by atoms with Gasteiger partial charge in [0.2, 0.25) is 5.13 Å². The molecule has 0 saturated carbocycles. The summed E-state index contributed by atoms with van der Waals surface area (Å²) in [6.07, 6.45) is 3.40. The molecule has 0 spiro atoms. The van der Waals surface area contributed by atoms with Crippen LogP contribution in [0.5, 0.6) is 0 Å². The number of anilines is 1. The number of carbonyl (C=O) groups is 2. The Labute approximate surface area is 155 Å². The molecule has 1 aliphatic rings. The quantitative estimate of drug-likeness (QED) is 0.662. The Morgan fingerprint density at radius 3 is 2.62 bits per heavy atom. The third-order valence-corrected chi connectivity index (χ3v) is 5.59. The number of aryl methyl sites for hydroxylation is 1. The van der Waals surface area contributed by atoms with Crippen molar-refractivity contribution in [1.29, 1.82) is 0 Å². The predicted molar refractivity (Wildman–Crippen MR) is 101 cm³/mol. The molecular weight excluding hydrogens is 348 g/mol. The van der Waals surface area contributed by atoms with E-state index < -0.39 is 5.54 Å². The van der Waals surface area contributed by atoms with Crippen molar-refractivity contribution in [2.75, 3.05) is 4.90 Å². The van der Waals surface area contributed by atoms with Gasteiger partial charge in [0.05, 0.1) is 5.52 Å². The Balaban J connectivity index is 1.74. The minimum Gasteiger partial charge on any atom is -0.305 e. The van der Waals surface area contributed by atoms with Gasteiger partial charge in [-0.1, -0.05) is 18.2 Å². The van der Waals surface area contributed by atoms with Crippen LogP contribution < -0.4 is 4.90 Å². The Kier molecular flexibility index (Phi) is 3.77. The number of carbonyl (C=O) groups excluding carboxylic acids is 2. The molecule has 7 heteroatoms. The van der Waals surface area contributed by atoms with Gasteiger partial charge in [0, 0.05) is 29.2 Å². The molecule has 1 aromatic carbocycles. The summed E-state index contributed by atoms with van der Waals surface area (Å²) in [7, 11) is 0. The van der Waals surface area contributed by atoms with E-state index in [0.29, 0.717) is 11.7 Å². The summed E-state index contributed by atoms with van der Waals surface area (Å²) in [5, 5.41) is 1.40. The van der Waals surface area contributed by atoms with Crippen molar-refractivity contribution in [3.05, 3.63) is 53.2 Å². The van der Waals surface area contributed by atoms with Gasteiger partial charge in [-0.3, -0.25) is 9.78 Å². The molecule has 2 aromatic heterocycles. The van der Waals surface area contributed by atoms with E-state index in [4.69, 9.17) is 0 Å². The summed E-state index contributed by atoms with van der Waals surface area (Å²) >= 11 is 1.34. The van der Waals surface area contributed by atoms with Crippen LogP contribution in [0.15, 0.2) is 42.7 Å². The van der Waals surface area contributed by atoms with Crippen LogP contribution in [0.1, 0.15) is 24.3 Å². The summed E-state index contributed by atoms with van der Waals surface area (Å²) in [6, 6.07) is 9.35. The van der Waals surface area contributed by atoms with Gasteiger partial charge in [-0.2, -0.15) is 0 Å². The van der Waals surface area contributed by atoms with Gasteiger partial charge < -0.3 is 4.90 Å². The monoisotopic (exact) mass is 366 g/mol. The molecule has 1 saturated heterocycles. The maximum Gasteiger partial charge on any atom is 0.334 e. The Morgan fingerprint density at radius 2 is 1.88 bits per heavy atom. The van der Waals surface area contributed by atoms with Crippen LogP contribution in [0.4, 0.5) is 9.93 Å². The number of aromatic nitrogens is 2. The van der Waals surface area contributed by atoms with Crippen molar-refractivity contribution in [3.8, 4) is 0 Å². The summed E-state index contributed by atoms with van der Waals surface area (Å²) in [5.74, 6) is -0.254. The molecule has 4 rings (SSSR count). The first-order chi connectivity index (χ1) is 12.4. The number of hydrogen-bond acceptors (Lipinski definition) is 5. The lowest BCUT2D eigenvalue weighted by Gasteiger charge is -2.28. The third-order valence-electron chi connectivity index (χ3n) is 4.69. The lowest BCUT2D eigenvalue weighted by Crippen LogP contribution is -2.43. The van der Waals surface area contributed by atoms with E-state index in [2.05, 4.69) is 9.97 Å². The lowest BCUT2D eigenvalue weighted by molar-refractivity contribution is -0.123. The van der Waals surface area contributed by atoms with E-state index in [0.717, 1.165) is 21.3 Å². The molecule has 0 unspecified atom stereocenters. The van der Waals surface area contributed by atoms with Gasteiger partial charge in [0.15, 0.2) is 0 Å². The normalized spacial score (nSPS) is 16.7. The van der Waals surface area contributed by atoms with Gasteiger partial charge in [-0.15, -0.1) is 11.3 Å². The lowest BCUT2D eigenvalue weighted by atomic mass is 10.0. The second-order valence-electron chi connectivity index (χ2n) is 6.81. The molecule has 132 valence electrons. The predicted octanol–water partition coefficient (Wildman–Crippen LogP) is 3.75. The maximum atomic E-state index is 13.1. The Morgan fingerprint density at radius 1 is 1.12 bits per heavy atom. The number of hydrogen-bond donors (Lipinski definition) is 0. The average molecular weight is 366 g/mol. The first-order valence-corrected chi connectivity index (χ1v) is 9.12. The zero-order chi connectivity index (χ0) is 18.5. The minimum atomic E-state index is -0.943. The Bertz CT molecular complexity index is 1020. The number of pyridine rings is 1. The second kappa shape index (κ2) is 5.88. The molecule has 0 bridgehead atoms. The van der Waals surface area contributed by atoms with Gasteiger partial charge in [0.1, 0.15) is 5.54 Å². The number of para-hydroxylation sites is 1. The molecule has 6 nitrogen and oxygen atoms in total. The van der Waals surface area contributed by atoms with Gasteiger partial charge in [-0.25, -0.2) is 14.7 Å². The van der Waals surface area contributed by atoms with Crippen LogP contribution in [0, 0.1) is 6.92 Å². The van der Waals surface area contributed by atoms with E-state index in [1.807, 2.05) is 37.3 Å². The topological polar surface area (TPSA) is 66.4 Å². The number of amides is 3. The summed E-state index contributed by atoms with van der Waals surface area (Å²) < 4.78 is 0. The smallest absolute Gasteiger partial charge is 0.305 e. The summed E-state index contributed by atoms with van der Waals surface area (Å²) in [5.41, 5.74) is 0.885. The highest BCUT2D eigenvalue weighted by Crippen LogP contribution is 2.35. The number of benzene rings is 1. The van der Waals surface area contributed by atoms with E-state index in [1.54, 1.807) is 31.1 Å². The highest BCUT2D eigenvalue weighted by Gasteiger charge is 2.52. The zero-order valence-corrected chi connectivity index (χ0v) is 15.6. The van der Waals surface area contributed by atoms with Crippen molar-refractivity contribution >= 4 is 39.3 Å². The van der Waals surface area contributed by atoms with Crippen molar-refractivity contribution in [3.63, 3.8) is 0 Å². The van der Waals surface area contributed by atoms with Gasteiger partial charge >= 0.3 is 6.03 Å². The minimum absolute atomic E-state index is 0.254. The first kappa shape index (κ1) is 16.7. The van der Waals surface area contributed by atoms with E-state index in [-0.39, 0.29) is 11.9 Å². The van der Waals surface area contributed by atoms with Crippen LogP contribution in [-0.4, -0.2) is 32.3 Å². The fourth-order valence-corrected chi connectivity index (χ4v) is 3.93. The summed E-state index contributed by atoms with van der Waals surface area (Å²) in [6.45, 7) is 5.79. The molecule has 0 radical (unpaired) electrons. The summed E-state index contributed by atoms with van der Waals surface area (Å²) in [4.78, 5) is 38.3. The third kappa shape index (κ3) is 2.47. The average Bonchev–Trinajstić information content (AvgIpc) is 3.11. The highest BCUT2D eigenvalue weighted by molar-refractivity contribution is 7.16. The fourth-order valence-electron chi connectivity index (χ4n) is 3.18. The van der Waals surface area contributed by atoms with Gasteiger partial charge in [0.25, 0.3) is 5.91 Å². The highest BCUT2D eigenvalue weighted by atomic mass is 32.1. The fraction of sp³-hybridized carbons (Fsp3) is 0.263. The molecule has 3 amide bonds. The van der Waals surface area contributed by atoms with Crippen LogP contribution in [0.25, 0.3) is 10.9 Å². The molecule has 26 heavy (non-hydrogen) atoms. The number of nitrogens with zero attached hydrogens (tertiary/aromatic N) is 4. The van der Waals surface area contributed by atoms with Crippen LogP contribution in [0.3, 0.4) is 0 Å². The number of urea groups is 1. The standard InChI is InChI=1S/C19H18N4O2S/c1-12-10-21-17(26-12)23-16(24)19(2,3)22(18(23)25)11-13-8-9-20-15-7-5-4-6-14(13)15/h4-10H,11H2,1-3H3. The molecule has 3 heterocycles. The molecule has 1 fully saturated rings. The molecule has 3 aromatic rings. The first-order valence-electron chi connectivity index (χ1n) is 8.31. The van der Waals surface area contributed by atoms with E-state index >= 15 is 0 Å². The van der Waals surface area contributed by atoms with E-state index in [9.17, 15) is 9.59 Å². The van der Waals surface area contributed by atoms with Crippen LogP contribution in [0.2, 0.25) is 0 Å². The molecule has 0 aliphatic carbocycles. The number of thiazole rings is 1. The van der Waals surface area contributed by atoms with Crippen molar-refractivity contribution in [2.45, 2.75) is 32.9 Å². The molecule has 1 aliphatic heterocycles. The SMILES string of the molecule is Cc1cnc(N2C(=O)N(Cc3ccnc4ccccc34)C(C)(C)C2=O)s1. The Hall–Kier alpha value is -2.80. The van der Waals surface area contributed by atoms with Crippen molar-refractivity contribution in [2.24, 2.45) is 0 Å². The zero-order valence-electron chi connectivity index (χ0n) is 14.8. The second-order valence-corrected chi connectivity index (χ2v) is 8.02.